The number of carbonyl (C=O) groups excluding carboxylic acids is 2. The van der Waals surface area contributed by atoms with Crippen molar-refractivity contribution >= 4 is 28.9 Å². The fraction of sp³-hybridized carbons (Fsp3) is 0. The Bertz CT molecular complexity index is 715. The summed E-state index contributed by atoms with van der Waals surface area (Å²) in [5, 5.41) is 0. The average Bonchev–Trinajstić information content (AvgIpc) is 2.67. The highest BCUT2D eigenvalue weighted by molar-refractivity contribution is 6.64. The summed E-state index contributed by atoms with van der Waals surface area (Å²) in [7, 11) is 0. The highest BCUT2D eigenvalue weighted by Crippen LogP contribution is 2.35. The minimum Gasteiger partial charge on any atom is -0.398 e. The number of ketones is 2. The monoisotopic (exact) mass is 249 g/mol. The number of Topliss-reactive ketones (excluding diaryl/α,β-unsaturated/α-hetero) is 2. The Kier molecular flexibility index (Phi) is 2.53. The molecule has 3 nitrogen and oxygen atoms in total. The number of hydrogen-bond acceptors (Lipinski definition) is 3. The molecule has 0 aromatic heterocycles. The van der Waals surface area contributed by atoms with Gasteiger partial charge in [-0.15, -0.1) is 0 Å². The van der Waals surface area contributed by atoms with E-state index in [-0.39, 0.29) is 0 Å². The molecule has 3 heteroatoms. The molecule has 0 amide bonds. The fourth-order valence-electron chi connectivity index (χ4n) is 2.27. The molecule has 2 aromatic carbocycles. The summed E-state index contributed by atoms with van der Waals surface area (Å²) in [6, 6.07) is 14.4. The quantitative estimate of drug-likeness (QED) is 0.480. The Morgan fingerprint density at radius 1 is 0.842 bits per heavy atom. The fourth-order valence-corrected chi connectivity index (χ4v) is 2.27. The topological polar surface area (TPSA) is 60.2 Å². The van der Waals surface area contributed by atoms with Crippen LogP contribution in [0.2, 0.25) is 0 Å². The van der Waals surface area contributed by atoms with Gasteiger partial charge >= 0.3 is 0 Å². The second-order valence-electron chi connectivity index (χ2n) is 4.40. The number of rotatable bonds is 1. The SMILES string of the molecule is Nc1cccc2c1C(=Cc1ccccc1)C(=O)C2=O. The van der Waals surface area contributed by atoms with E-state index in [0.717, 1.165) is 5.56 Å². The van der Waals surface area contributed by atoms with Crippen LogP contribution in [0.5, 0.6) is 0 Å². The smallest absolute Gasteiger partial charge is 0.234 e. The first-order valence-corrected chi connectivity index (χ1v) is 5.93. The van der Waals surface area contributed by atoms with Crippen molar-refractivity contribution in [2.75, 3.05) is 5.73 Å². The number of carbonyl (C=O) groups is 2. The lowest BCUT2D eigenvalue weighted by atomic mass is 10.0. The number of benzene rings is 2. The first-order valence-electron chi connectivity index (χ1n) is 5.93. The van der Waals surface area contributed by atoms with Gasteiger partial charge in [0.05, 0.1) is 0 Å². The van der Waals surface area contributed by atoms with E-state index < -0.39 is 11.6 Å². The number of hydrogen-bond donors (Lipinski definition) is 1. The summed E-state index contributed by atoms with van der Waals surface area (Å²) < 4.78 is 0. The molecule has 0 bridgehead atoms. The average molecular weight is 249 g/mol. The summed E-state index contributed by atoms with van der Waals surface area (Å²) in [6.45, 7) is 0. The van der Waals surface area contributed by atoms with Gasteiger partial charge in [0.1, 0.15) is 0 Å². The van der Waals surface area contributed by atoms with Gasteiger partial charge in [-0.2, -0.15) is 0 Å². The normalized spacial score (nSPS) is 15.9. The van der Waals surface area contributed by atoms with E-state index in [1.807, 2.05) is 30.3 Å². The van der Waals surface area contributed by atoms with Gasteiger partial charge in [-0.05, 0) is 17.7 Å². The third kappa shape index (κ3) is 1.76. The van der Waals surface area contributed by atoms with Crippen LogP contribution in [-0.4, -0.2) is 11.6 Å². The summed E-state index contributed by atoms with van der Waals surface area (Å²) >= 11 is 0. The minimum absolute atomic E-state index is 0.379. The summed E-state index contributed by atoms with van der Waals surface area (Å²) in [5.41, 5.74) is 8.55. The standard InChI is InChI=1S/C16H11NO2/c17-13-8-4-7-11-14(13)12(16(19)15(11)18)9-10-5-2-1-3-6-10/h1-9H,17H2. The van der Waals surface area contributed by atoms with Crippen LogP contribution in [0.15, 0.2) is 48.5 Å². The van der Waals surface area contributed by atoms with Gasteiger partial charge in [0.25, 0.3) is 0 Å². The Morgan fingerprint density at radius 3 is 2.32 bits per heavy atom. The minimum atomic E-state index is -0.489. The number of nitrogen functional groups attached to an aromatic ring is 1. The molecule has 92 valence electrons. The van der Waals surface area contributed by atoms with Gasteiger partial charge in [-0.3, -0.25) is 9.59 Å². The van der Waals surface area contributed by atoms with Crippen LogP contribution in [0, 0.1) is 0 Å². The van der Waals surface area contributed by atoms with Crippen molar-refractivity contribution in [2.45, 2.75) is 0 Å². The maximum atomic E-state index is 12.0. The van der Waals surface area contributed by atoms with Crippen molar-refractivity contribution in [3.8, 4) is 0 Å². The molecule has 0 heterocycles. The third-order valence-electron chi connectivity index (χ3n) is 3.17. The molecule has 19 heavy (non-hydrogen) atoms. The van der Waals surface area contributed by atoms with Crippen molar-refractivity contribution in [1.29, 1.82) is 0 Å². The van der Waals surface area contributed by atoms with E-state index in [0.29, 0.717) is 22.4 Å². The molecule has 0 spiro atoms. The van der Waals surface area contributed by atoms with Crippen LogP contribution < -0.4 is 5.73 Å². The largest absolute Gasteiger partial charge is 0.398 e. The van der Waals surface area contributed by atoms with Gasteiger partial charge in [0.15, 0.2) is 0 Å². The molecule has 2 aromatic rings. The Balaban J connectivity index is 2.22. The van der Waals surface area contributed by atoms with Gasteiger partial charge in [0.2, 0.25) is 11.6 Å². The van der Waals surface area contributed by atoms with Crippen LogP contribution in [0.3, 0.4) is 0 Å². The molecular weight excluding hydrogens is 238 g/mol. The molecule has 0 fully saturated rings. The molecule has 1 aliphatic carbocycles. The number of fused-ring (bicyclic) bond motifs is 1. The van der Waals surface area contributed by atoms with Gasteiger partial charge in [-0.1, -0.05) is 42.5 Å². The van der Waals surface area contributed by atoms with Crippen LogP contribution in [0.4, 0.5) is 5.69 Å². The molecule has 0 radical (unpaired) electrons. The third-order valence-corrected chi connectivity index (χ3v) is 3.17. The van der Waals surface area contributed by atoms with Crippen LogP contribution in [0.1, 0.15) is 21.5 Å². The van der Waals surface area contributed by atoms with Gasteiger partial charge in [0, 0.05) is 22.4 Å². The van der Waals surface area contributed by atoms with E-state index >= 15 is 0 Å². The first kappa shape index (κ1) is 11.4. The molecule has 0 aliphatic heterocycles. The highest BCUT2D eigenvalue weighted by atomic mass is 16.2. The van der Waals surface area contributed by atoms with E-state index in [1.165, 1.54) is 0 Å². The molecule has 1 aliphatic rings. The second-order valence-corrected chi connectivity index (χ2v) is 4.40. The van der Waals surface area contributed by atoms with Crippen molar-refractivity contribution in [1.82, 2.24) is 0 Å². The zero-order chi connectivity index (χ0) is 13.4. The Hall–Kier alpha value is -2.68. The van der Waals surface area contributed by atoms with E-state index in [9.17, 15) is 9.59 Å². The molecule has 0 saturated heterocycles. The van der Waals surface area contributed by atoms with Gasteiger partial charge in [-0.25, -0.2) is 0 Å². The summed E-state index contributed by atoms with van der Waals surface area (Å²) in [4.78, 5) is 23.9. The van der Waals surface area contributed by atoms with Crippen LogP contribution in [0.25, 0.3) is 11.6 Å². The second kappa shape index (κ2) is 4.21. The number of anilines is 1. The lowest BCUT2D eigenvalue weighted by Gasteiger charge is -2.03. The maximum absolute atomic E-state index is 12.0. The molecule has 2 N–H and O–H groups in total. The number of nitrogens with two attached hydrogens (primary N) is 1. The molecular formula is C16H11NO2. The van der Waals surface area contributed by atoms with Crippen molar-refractivity contribution in [3.63, 3.8) is 0 Å². The van der Waals surface area contributed by atoms with E-state index in [1.54, 1.807) is 24.3 Å². The Labute approximate surface area is 110 Å². The van der Waals surface area contributed by atoms with Crippen molar-refractivity contribution in [2.24, 2.45) is 0 Å². The lowest BCUT2D eigenvalue weighted by Crippen LogP contribution is -2.05. The predicted octanol–water partition coefficient (Wildman–Crippen LogP) is 2.57. The zero-order valence-corrected chi connectivity index (χ0v) is 10.1. The van der Waals surface area contributed by atoms with Crippen molar-refractivity contribution in [3.05, 3.63) is 65.2 Å². The molecule has 0 saturated carbocycles. The van der Waals surface area contributed by atoms with E-state index in [4.69, 9.17) is 5.73 Å². The highest BCUT2D eigenvalue weighted by Gasteiger charge is 2.34. The summed E-state index contributed by atoms with van der Waals surface area (Å²) in [6.07, 6.45) is 1.71. The lowest BCUT2D eigenvalue weighted by molar-refractivity contribution is -0.109. The zero-order valence-electron chi connectivity index (χ0n) is 10.1. The van der Waals surface area contributed by atoms with Gasteiger partial charge < -0.3 is 5.73 Å². The number of allylic oxidation sites excluding steroid dienone is 1. The Morgan fingerprint density at radius 2 is 1.58 bits per heavy atom. The first-order chi connectivity index (χ1) is 9.18. The summed E-state index contributed by atoms with van der Waals surface area (Å²) in [5.74, 6) is -0.971. The molecule has 0 unspecified atom stereocenters. The van der Waals surface area contributed by atoms with E-state index in [2.05, 4.69) is 0 Å². The molecule has 0 atom stereocenters. The predicted molar refractivity (Wildman–Crippen MR) is 74.5 cm³/mol. The van der Waals surface area contributed by atoms with Crippen molar-refractivity contribution < 1.29 is 9.59 Å². The molecule has 3 rings (SSSR count). The van der Waals surface area contributed by atoms with Crippen LogP contribution >= 0.6 is 0 Å². The van der Waals surface area contributed by atoms with Crippen LogP contribution in [-0.2, 0) is 4.79 Å². The maximum Gasteiger partial charge on any atom is 0.234 e.